The van der Waals surface area contributed by atoms with Gasteiger partial charge in [-0.2, -0.15) is 13.2 Å². The van der Waals surface area contributed by atoms with E-state index in [1.807, 2.05) is 0 Å². The quantitative estimate of drug-likeness (QED) is 0.852. The van der Waals surface area contributed by atoms with Crippen molar-refractivity contribution in [3.8, 4) is 0 Å². The number of nitrogen functional groups attached to an aromatic ring is 1. The molecule has 0 saturated heterocycles. The number of nitrogens with zero attached hydrogens (tertiary/aromatic N) is 1. The number of nitrogens with one attached hydrogen (secondary N) is 1. The molecule has 0 aliphatic rings. The number of halogens is 5. The van der Waals surface area contributed by atoms with Gasteiger partial charge in [-0.05, 0) is 18.2 Å². The predicted molar refractivity (Wildman–Crippen MR) is 67.3 cm³/mol. The SMILES string of the molecule is Nc1cc(C(F)(F)F)cc(NCc2ccc(F)cc2F)n1. The monoisotopic (exact) mass is 303 g/mol. The lowest BCUT2D eigenvalue weighted by Gasteiger charge is -2.11. The summed E-state index contributed by atoms with van der Waals surface area (Å²) in [7, 11) is 0. The van der Waals surface area contributed by atoms with Crippen molar-refractivity contribution in [2.24, 2.45) is 0 Å². The summed E-state index contributed by atoms with van der Waals surface area (Å²) >= 11 is 0. The van der Waals surface area contributed by atoms with Crippen molar-refractivity contribution in [1.29, 1.82) is 0 Å². The molecule has 1 heterocycles. The molecule has 0 spiro atoms. The topological polar surface area (TPSA) is 50.9 Å². The second kappa shape index (κ2) is 5.55. The molecule has 21 heavy (non-hydrogen) atoms. The average Bonchev–Trinajstić information content (AvgIpc) is 2.36. The van der Waals surface area contributed by atoms with Gasteiger partial charge in [0.25, 0.3) is 0 Å². The molecule has 8 heteroatoms. The summed E-state index contributed by atoms with van der Waals surface area (Å²) in [6, 6.07) is 4.38. The Labute approximate surface area is 116 Å². The smallest absolute Gasteiger partial charge is 0.384 e. The van der Waals surface area contributed by atoms with E-state index < -0.39 is 23.4 Å². The number of alkyl halides is 3. The van der Waals surface area contributed by atoms with Gasteiger partial charge in [-0.3, -0.25) is 0 Å². The fourth-order valence-corrected chi connectivity index (χ4v) is 1.66. The van der Waals surface area contributed by atoms with Crippen molar-refractivity contribution in [2.75, 3.05) is 11.1 Å². The Kier molecular flexibility index (Phi) is 3.97. The fraction of sp³-hybridized carbons (Fsp3) is 0.154. The number of nitrogens with two attached hydrogens (primary N) is 1. The summed E-state index contributed by atoms with van der Waals surface area (Å²) in [5, 5.41) is 2.52. The number of hydrogen-bond acceptors (Lipinski definition) is 3. The van der Waals surface area contributed by atoms with Crippen molar-refractivity contribution >= 4 is 11.6 Å². The van der Waals surface area contributed by atoms with Crippen LogP contribution in [0.5, 0.6) is 0 Å². The summed E-state index contributed by atoms with van der Waals surface area (Å²) in [5.74, 6) is -2.00. The van der Waals surface area contributed by atoms with Gasteiger partial charge in [0.15, 0.2) is 0 Å². The highest BCUT2D eigenvalue weighted by Crippen LogP contribution is 2.31. The number of rotatable bonds is 3. The lowest BCUT2D eigenvalue weighted by Crippen LogP contribution is -2.10. The van der Waals surface area contributed by atoms with Crippen molar-refractivity contribution in [3.05, 3.63) is 53.1 Å². The first kappa shape index (κ1) is 15.0. The molecule has 2 aromatic rings. The number of benzene rings is 1. The summed E-state index contributed by atoms with van der Waals surface area (Å²) < 4.78 is 63.9. The van der Waals surface area contributed by atoms with E-state index in [1.165, 1.54) is 6.07 Å². The van der Waals surface area contributed by atoms with Crippen LogP contribution in [0.4, 0.5) is 33.6 Å². The van der Waals surface area contributed by atoms with Crippen molar-refractivity contribution < 1.29 is 22.0 Å². The highest BCUT2D eigenvalue weighted by molar-refractivity contribution is 5.47. The largest absolute Gasteiger partial charge is 0.416 e. The van der Waals surface area contributed by atoms with Gasteiger partial charge in [0.05, 0.1) is 5.56 Å². The van der Waals surface area contributed by atoms with E-state index in [4.69, 9.17) is 5.73 Å². The standard InChI is InChI=1S/C13H10F5N3/c14-9-2-1-7(10(15)5-9)6-20-12-4-8(13(16,17)18)3-11(19)21-12/h1-5H,6H2,(H3,19,20,21). The lowest BCUT2D eigenvalue weighted by molar-refractivity contribution is -0.137. The third-order valence-corrected chi connectivity index (χ3v) is 2.65. The van der Waals surface area contributed by atoms with Gasteiger partial charge in [-0.15, -0.1) is 0 Å². The Bertz CT molecular complexity index is 655. The fourth-order valence-electron chi connectivity index (χ4n) is 1.66. The minimum atomic E-state index is -4.56. The van der Waals surface area contributed by atoms with Crippen LogP contribution in [0.2, 0.25) is 0 Å². The molecule has 1 aromatic heterocycles. The Hall–Kier alpha value is -2.38. The first-order chi connectivity index (χ1) is 9.75. The van der Waals surface area contributed by atoms with Gasteiger partial charge >= 0.3 is 6.18 Å². The number of aromatic nitrogens is 1. The van der Waals surface area contributed by atoms with Gasteiger partial charge in [-0.25, -0.2) is 13.8 Å². The highest BCUT2D eigenvalue weighted by atomic mass is 19.4. The van der Waals surface area contributed by atoms with E-state index in [-0.39, 0.29) is 23.7 Å². The zero-order valence-electron chi connectivity index (χ0n) is 10.5. The third kappa shape index (κ3) is 3.80. The summed E-state index contributed by atoms with van der Waals surface area (Å²) in [5.41, 5.74) is 4.43. The summed E-state index contributed by atoms with van der Waals surface area (Å²) in [6.07, 6.45) is -4.56. The van der Waals surface area contributed by atoms with Gasteiger partial charge in [0.2, 0.25) is 0 Å². The van der Waals surface area contributed by atoms with E-state index in [9.17, 15) is 22.0 Å². The maximum atomic E-state index is 13.4. The van der Waals surface area contributed by atoms with Crippen LogP contribution in [0, 0.1) is 11.6 Å². The first-order valence-electron chi connectivity index (χ1n) is 5.78. The molecule has 0 saturated carbocycles. The van der Waals surface area contributed by atoms with E-state index in [0.717, 1.165) is 12.1 Å². The van der Waals surface area contributed by atoms with Crippen LogP contribution in [0.25, 0.3) is 0 Å². The molecule has 2 rings (SSSR count). The lowest BCUT2D eigenvalue weighted by atomic mass is 10.2. The van der Waals surface area contributed by atoms with E-state index in [2.05, 4.69) is 10.3 Å². The normalized spacial score (nSPS) is 11.5. The van der Waals surface area contributed by atoms with Crippen molar-refractivity contribution in [2.45, 2.75) is 12.7 Å². The van der Waals surface area contributed by atoms with Crippen LogP contribution in [0.15, 0.2) is 30.3 Å². The van der Waals surface area contributed by atoms with Gasteiger partial charge in [0.1, 0.15) is 23.3 Å². The minimum Gasteiger partial charge on any atom is -0.384 e. The van der Waals surface area contributed by atoms with Crippen LogP contribution >= 0.6 is 0 Å². The molecule has 0 bridgehead atoms. The highest BCUT2D eigenvalue weighted by Gasteiger charge is 2.31. The second-order valence-electron chi connectivity index (χ2n) is 4.25. The van der Waals surface area contributed by atoms with Crippen LogP contribution < -0.4 is 11.1 Å². The third-order valence-electron chi connectivity index (χ3n) is 2.65. The average molecular weight is 303 g/mol. The molecule has 0 aliphatic carbocycles. The molecule has 0 atom stereocenters. The van der Waals surface area contributed by atoms with Gasteiger partial charge in [-0.1, -0.05) is 6.07 Å². The van der Waals surface area contributed by atoms with E-state index in [1.54, 1.807) is 0 Å². The Morgan fingerprint density at radius 2 is 1.81 bits per heavy atom. The number of hydrogen-bond donors (Lipinski definition) is 2. The molecule has 112 valence electrons. The molecule has 0 amide bonds. The minimum absolute atomic E-state index is 0.0918. The molecule has 1 aromatic carbocycles. The molecule has 0 radical (unpaired) electrons. The number of pyridine rings is 1. The van der Waals surface area contributed by atoms with Crippen LogP contribution in [0.1, 0.15) is 11.1 Å². The molecular formula is C13H10F5N3. The molecule has 3 nitrogen and oxygen atoms in total. The molecule has 0 unspecified atom stereocenters. The maximum Gasteiger partial charge on any atom is 0.416 e. The van der Waals surface area contributed by atoms with Gasteiger partial charge in [0, 0.05) is 18.2 Å². The molecular weight excluding hydrogens is 293 g/mol. The predicted octanol–water partition coefficient (Wildman–Crippen LogP) is 3.57. The number of anilines is 2. The summed E-state index contributed by atoms with van der Waals surface area (Å²) in [6.45, 7) is -0.153. The van der Waals surface area contributed by atoms with E-state index >= 15 is 0 Å². The van der Waals surface area contributed by atoms with E-state index in [0.29, 0.717) is 12.1 Å². The van der Waals surface area contributed by atoms with Crippen LogP contribution in [-0.2, 0) is 12.7 Å². The zero-order valence-corrected chi connectivity index (χ0v) is 10.5. The van der Waals surface area contributed by atoms with Crippen LogP contribution in [-0.4, -0.2) is 4.98 Å². The summed E-state index contributed by atoms with van der Waals surface area (Å²) in [4.78, 5) is 3.68. The molecule has 0 aliphatic heterocycles. The zero-order chi connectivity index (χ0) is 15.6. The molecule has 0 fully saturated rings. The van der Waals surface area contributed by atoms with Crippen molar-refractivity contribution in [3.63, 3.8) is 0 Å². The maximum absolute atomic E-state index is 13.4. The Morgan fingerprint density at radius 1 is 1.10 bits per heavy atom. The Morgan fingerprint density at radius 3 is 2.43 bits per heavy atom. The van der Waals surface area contributed by atoms with Gasteiger partial charge < -0.3 is 11.1 Å². The Balaban J connectivity index is 2.18. The van der Waals surface area contributed by atoms with Crippen molar-refractivity contribution in [1.82, 2.24) is 4.98 Å². The first-order valence-corrected chi connectivity index (χ1v) is 5.78. The molecule has 3 N–H and O–H groups in total. The second-order valence-corrected chi connectivity index (χ2v) is 4.25. The van der Waals surface area contributed by atoms with Crippen LogP contribution in [0.3, 0.4) is 0 Å².